The third kappa shape index (κ3) is 6.79. The molecule has 2 aromatic rings. The van der Waals surface area contributed by atoms with Gasteiger partial charge in [-0.25, -0.2) is 0 Å². The van der Waals surface area contributed by atoms with Crippen molar-refractivity contribution in [1.29, 1.82) is 0 Å². The largest absolute Gasteiger partial charge is 0.484 e. The molecule has 0 saturated carbocycles. The molecule has 0 saturated heterocycles. The fourth-order valence-corrected chi connectivity index (χ4v) is 3.30. The van der Waals surface area contributed by atoms with Crippen LogP contribution < -0.4 is 10.1 Å². The molecule has 1 N–H and O–H groups in total. The SMILES string of the molecule is CC[C@H](C)NC(=O)[C@H](C)N(Cc1c(Cl)cccc1Cl)C(=O)COc1ccc(Cl)cc1. The van der Waals surface area contributed by atoms with E-state index in [1.807, 2.05) is 13.8 Å². The molecule has 2 rings (SSSR count). The summed E-state index contributed by atoms with van der Waals surface area (Å²) in [5, 5.41) is 4.32. The highest BCUT2D eigenvalue weighted by Gasteiger charge is 2.28. The van der Waals surface area contributed by atoms with Gasteiger partial charge in [0.05, 0.1) is 0 Å². The quantitative estimate of drug-likeness (QED) is 0.536. The molecule has 5 nitrogen and oxygen atoms in total. The maximum atomic E-state index is 13.0. The number of nitrogens with one attached hydrogen (secondary N) is 1. The zero-order valence-corrected chi connectivity index (χ0v) is 19.4. The molecule has 0 aromatic heterocycles. The molecule has 0 aliphatic rings. The zero-order valence-electron chi connectivity index (χ0n) is 17.1. The van der Waals surface area contributed by atoms with Crippen molar-refractivity contribution >= 4 is 46.6 Å². The van der Waals surface area contributed by atoms with E-state index >= 15 is 0 Å². The van der Waals surface area contributed by atoms with E-state index in [1.54, 1.807) is 49.4 Å². The lowest BCUT2D eigenvalue weighted by atomic mass is 10.1. The highest BCUT2D eigenvalue weighted by Crippen LogP contribution is 2.26. The fourth-order valence-electron chi connectivity index (χ4n) is 2.66. The van der Waals surface area contributed by atoms with Crippen molar-refractivity contribution in [3.8, 4) is 5.75 Å². The van der Waals surface area contributed by atoms with Crippen LogP contribution in [0.1, 0.15) is 32.8 Å². The molecule has 162 valence electrons. The summed E-state index contributed by atoms with van der Waals surface area (Å²) in [4.78, 5) is 27.1. The van der Waals surface area contributed by atoms with Gasteiger partial charge in [0.25, 0.3) is 5.91 Å². The summed E-state index contributed by atoms with van der Waals surface area (Å²) in [6.07, 6.45) is 0.780. The summed E-state index contributed by atoms with van der Waals surface area (Å²) in [5.41, 5.74) is 0.573. The summed E-state index contributed by atoms with van der Waals surface area (Å²) in [6, 6.07) is 11.0. The van der Waals surface area contributed by atoms with Crippen LogP contribution in [0.15, 0.2) is 42.5 Å². The molecule has 2 atom stereocenters. The Morgan fingerprint density at radius 1 is 1.03 bits per heavy atom. The number of amides is 2. The Bertz CT molecular complexity index is 854. The van der Waals surface area contributed by atoms with Crippen molar-refractivity contribution in [3.63, 3.8) is 0 Å². The van der Waals surface area contributed by atoms with Crippen molar-refractivity contribution in [2.75, 3.05) is 6.61 Å². The normalized spacial score (nSPS) is 12.7. The molecule has 0 bridgehead atoms. The van der Waals surface area contributed by atoms with Crippen LogP contribution in [0, 0.1) is 0 Å². The predicted molar refractivity (Wildman–Crippen MR) is 121 cm³/mol. The summed E-state index contributed by atoms with van der Waals surface area (Å²) in [7, 11) is 0. The van der Waals surface area contributed by atoms with Crippen molar-refractivity contribution in [2.24, 2.45) is 0 Å². The molecule has 0 heterocycles. The number of nitrogens with zero attached hydrogens (tertiary/aromatic N) is 1. The number of rotatable bonds is 9. The first-order valence-corrected chi connectivity index (χ1v) is 10.8. The Hall–Kier alpha value is -1.95. The van der Waals surface area contributed by atoms with Gasteiger partial charge in [0.2, 0.25) is 5.91 Å². The monoisotopic (exact) mass is 470 g/mol. The van der Waals surface area contributed by atoms with Crippen molar-refractivity contribution in [2.45, 2.75) is 45.8 Å². The smallest absolute Gasteiger partial charge is 0.261 e. The van der Waals surface area contributed by atoms with Crippen LogP contribution in [0.4, 0.5) is 0 Å². The van der Waals surface area contributed by atoms with E-state index in [2.05, 4.69) is 5.32 Å². The highest BCUT2D eigenvalue weighted by molar-refractivity contribution is 6.36. The highest BCUT2D eigenvalue weighted by atomic mass is 35.5. The van der Waals surface area contributed by atoms with Gasteiger partial charge in [-0.2, -0.15) is 0 Å². The number of ether oxygens (including phenoxy) is 1. The molecule has 0 radical (unpaired) electrons. The summed E-state index contributed by atoms with van der Waals surface area (Å²) in [6.45, 7) is 5.39. The van der Waals surface area contributed by atoms with Gasteiger partial charge in [0.1, 0.15) is 11.8 Å². The van der Waals surface area contributed by atoms with Crippen LogP contribution in [0.25, 0.3) is 0 Å². The second kappa shape index (κ2) is 11.4. The van der Waals surface area contributed by atoms with Gasteiger partial charge in [-0.15, -0.1) is 0 Å². The molecular weight excluding hydrogens is 447 g/mol. The lowest BCUT2D eigenvalue weighted by Crippen LogP contribution is -2.50. The Kier molecular flexibility index (Phi) is 9.28. The van der Waals surface area contributed by atoms with Gasteiger partial charge in [0.15, 0.2) is 6.61 Å². The average molecular weight is 472 g/mol. The maximum Gasteiger partial charge on any atom is 0.261 e. The maximum absolute atomic E-state index is 13.0. The Morgan fingerprint density at radius 2 is 1.63 bits per heavy atom. The fraction of sp³-hybridized carbons (Fsp3) is 0.364. The summed E-state index contributed by atoms with van der Waals surface area (Å²) >= 11 is 18.5. The van der Waals surface area contributed by atoms with Crippen molar-refractivity contribution in [1.82, 2.24) is 10.2 Å². The van der Waals surface area contributed by atoms with E-state index in [1.165, 1.54) is 4.90 Å². The average Bonchev–Trinajstić information content (AvgIpc) is 2.72. The molecule has 0 unspecified atom stereocenters. The molecule has 0 aliphatic carbocycles. The lowest BCUT2D eigenvalue weighted by Gasteiger charge is -2.30. The minimum absolute atomic E-state index is 0.00822. The van der Waals surface area contributed by atoms with Gasteiger partial charge >= 0.3 is 0 Å². The van der Waals surface area contributed by atoms with E-state index in [-0.39, 0.29) is 31.0 Å². The molecule has 2 amide bonds. The number of carbonyl (C=O) groups excluding carboxylic acids is 2. The van der Waals surface area contributed by atoms with E-state index in [4.69, 9.17) is 39.5 Å². The summed E-state index contributed by atoms with van der Waals surface area (Å²) in [5.74, 6) is -0.125. The minimum Gasteiger partial charge on any atom is -0.484 e. The van der Waals surface area contributed by atoms with Crippen LogP contribution in [0.5, 0.6) is 5.75 Å². The van der Waals surface area contributed by atoms with Crippen LogP contribution in [-0.4, -0.2) is 35.4 Å². The molecule has 0 fully saturated rings. The van der Waals surface area contributed by atoms with E-state index in [0.29, 0.717) is 26.4 Å². The van der Waals surface area contributed by atoms with Gasteiger partial charge < -0.3 is 15.0 Å². The number of carbonyl (C=O) groups is 2. The van der Waals surface area contributed by atoms with E-state index in [9.17, 15) is 9.59 Å². The van der Waals surface area contributed by atoms with Gasteiger partial charge in [-0.05, 0) is 56.7 Å². The van der Waals surface area contributed by atoms with E-state index < -0.39 is 6.04 Å². The Labute approximate surface area is 192 Å². The molecule has 30 heavy (non-hydrogen) atoms. The second-order valence-electron chi connectivity index (χ2n) is 6.96. The molecule has 0 aliphatic heterocycles. The van der Waals surface area contributed by atoms with Crippen LogP contribution >= 0.6 is 34.8 Å². The van der Waals surface area contributed by atoms with Crippen molar-refractivity contribution < 1.29 is 14.3 Å². The first-order valence-electron chi connectivity index (χ1n) is 9.64. The second-order valence-corrected chi connectivity index (χ2v) is 8.21. The molecule has 2 aromatic carbocycles. The topological polar surface area (TPSA) is 58.6 Å². The van der Waals surface area contributed by atoms with Crippen LogP contribution in [0.2, 0.25) is 15.1 Å². The van der Waals surface area contributed by atoms with Crippen LogP contribution in [-0.2, 0) is 16.1 Å². The molecular formula is C22H25Cl3N2O3. The third-order valence-electron chi connectivity index (χ3n) is 4.73. The first kappa shape index (κ1) is 24.3. The Morgan fingerprint density at radius 3 is 2.20 bits per heavy atom. The predicted octanol–water partition coefficient (Wildman–Crippen LogP) is 5.36. The van der Waals surface area contributed by atoms with Gasteiger partial charge in [0, 0.05) is 33.2 Å². The minimum atomic E-state index is -0.743. The third-order valence-corrected chi connectivity index (χ3v) is 5.69. The van der Waals surface area contributed by atoms with Gasteiger partial charge in [-0.3, -0.25) is 9.59 Å². The number of halogens is 3. The number of benzene rings is 2. The molecule has 0 spiro atoms. The first-order chi connectivity index (χ1) is 14.2. The van der Waals surface area contributed by atoms with Crippen LogP contribution in [0.3, 0.4) is 0 Å². The van der Waals surface area contributed by atoms with Gasteiger partial charge in [-0.1, -0.05) is 47.8 Å². The Balaban J connectivity index is 2.21. The lowest BCUT2D eigenvalue weighted by molar-refractivity contribution is -0.142. The number of hydrogen-bond donors (Lipinski definition) is 1. The van der Waals surface area contributed by atoms with E-state index in [0.717, 1.165) is 6.42 Å². The zero-order chi connectivity index (χ0) is 22.3. The van der Waals surface area contributed by atoms with Crippen molar-refractivity contribution in [3.05, 3.63) is 63.1 Å². The summed E-state index contributed by atoms with van der Waals surface area (Å²) < 4.78 is 5.59. The number of hydrogen-bond acceptors (Lipinski definition) is 3. The standard InChI is InChI=1S/C22H25Cl3N2O3/c1-4-14(2)26-22(29)15(3)27(12-18-19(24)6-5-7-20(18)25)21(28)13-30-17-10-8-16(23)9-11-17/h5-11,14-15H,4,12-13H2,1-3H3,(H,26,29)/t14-,15-/m0/s1. The molecule has 8 heteroatoms.